The smallest absolute Gasteiger partial charge is 0.318 e. The molecule has 2 fully saturated rings. The van der Waals surface area contributed by atoms with Crippen LogP contribution in [0.2, 0.25) is 5.02 Å². The third kappa shape index (κ3) is 10.2. The van der Waals surface area contributed by atoms with E-state index in [1.807, 2.05) is 28.0 Å². The molecule has 3 aromatic rings. The highest BCUT2D eigenvalue weighted by atomic mass is 35.5. The average Bonchev–Trinajstić information content (AvgIpc) is 3.19. The molecular weight excluding hydrogens is 722 g/mol. The molecule has 0 bridgehead atoms. The van der Waals surface area contributed by atoms with Crippen LogP contribution in [0.3, 0.4) is 0 Å². The Morgan fingerprint density at radius 1 is 1.04 bits per heavy atom. The fraction of sp³-hybridized carbons (Fsp3) is 0.571. The van der Waals surface area contributed by atoms with Crippen LogP contribution in [-0.4, -0.2) is 115 Å². The van der Waals surface area contributed by atoms with Gasteiger partial charge in [-0.25, -0.2) is 8.78 Å². The predicted molar refractivity (Wildman–Crippen MR) is 217 cm³/mol. The van der Waals surface area contributed by atoms with E-state index in [2.05, 4.69) is 66.8 Å². The van der Waals surface area contributed by atoms with Gasteiger partial charge in [0.2, 0.25) is 5.91 Å². The van der Waals surface area contributed by atoms with Crippen molar-refractivity contribution in [2.45, 2.75) is 84.2 Å². The Morgan fingerprint density at radius 2 is 1.73 bits per heavy atom. The van der Waals surface area contributed by atoms with E-state index >= 15 is 0 Å². The number of aromatic nitrogens is 2. The van der Waals surface area contributed by atoms with Gasteiger partial charge in [0, 0.05) is 94.8 Å². The molecule has 298 valence electrons. The van der Waals surface area contributed by atoms with Gasteiger partial charge in [-0.3, -0.25) is 14.6 Å². The molecule has 2 aromatic carbocycles. The van der Waals surface area contributed by atoms with E-state index in [0.717, 1.165) is 77.3 Å². The number of hydrogen-bond donors (Lipinski definition) is 0. The number of piperidine rings is 1. The van der Waals surface area contributed by atoms with Crippen LogP contribution in [0.5, 0.6) is 6.01 Å². The van der Waals surface area contributed by atoms with Gasteiger partial charge in [0.25, 0.3) is 5.92 Å². The number of fused-ring (bicyclic) bond motifs is 2. The molecule has 0 radical (unpaired) electrons. The monoisotopic (exact) mass is 778 g/mol. The molecule has 1 amide bonds. The van der Waals surface area contributed by atoms with Gasteiger partial charge < -0.3 is 19.4 Å². The van der Waals surface area contributed by atoms with E-state index in [1.54, 1.807) is 12.1 Å². The van der Waals surface area contributed by atoms with Crippen LogP contribution in [0.15, 0.2) is 48.6 Å². The van der Waals surface area contributed by atoms with E-state index < -0.39 is 5.92 Å². The number of nitrogens with zero attached hydrogens (tertiary/aromatic N) is 8. The van der Waals surface area contributed by atoms with Gasteiger partial charge in [-0.2, -0.15) is 15.2 Å². The normalized spacial score (nSPS) is 18.4. The lowest BCUT2D eigenvalue weighted by molar-refractivity contribution is -0.126. The Kier molecular flexibility index (Phi) is 14.7. The third-order valence-electron chi connectivity index (χ3n) is 11.4. The van der Waals surface area contributed by atoms with E-state index in [-0.39, 0.29) is 24.3 Å². The first-order chi connectivity index (χ1) is 26.5. The van der Waals surface area contributed by atoms with Crippen molar-refractivity contribution in [2.75, 3.05) is 82.4 Å². The first-order valence-electron chi connectivity index (χ1n) is 19.8. The molecule has 3 aliphatic rings. The molecule has 55 heavy (non-hydrogen) atoms. The number of halogens is 3. The molecule has 6 rings (SSSR count). The molecule has 13 heteroatoms. The minimum Gasteiger partial charge on any atom is -0.461 e. The Bertz CT molecular complexity index is 1810. The van der Waals surface area contributed by atoms with Gasteiger partial charge in [0.15, 0.2) is 0 Å². The van der Waals surface area contributed by atoms with Crippen LogP contribution in [0.4, 0.5) is 20.3 Å². The molecule has 0 aliphatic carbocycles. The van der Waals surface area contributed by atoms with Crippen LogP contribution in [0.25, 0.3) is 10.8 Å². The van der Waals surface area contributed by atoms with Crippen molar-refractivity contribution >= 4 is 39.8 Å². The number of likely N-dealkylation sites (tertiary alicyclic amines) is 1. The topological polar surface area (TPSA) is 92.1 Å². The zero-order valence-electron chi connectivity index (χ0n) is 33.2. The SMILES string of the molecule is CC#N.CCCC(CC)(COc1nc2c(c(N3CCN(C(=O)/C=C/CN4CCC(F)(F)CC4)CC3)n1)CCN(c1cccc3cccc(Cl)c13)C2)N(C)CC. The van der Waals surface area contributed by atoms with E-state index in [4.69, 9.17) is 31.6 Å². The van der Waals surface area contributed by atoms with Gasteiger partial charge in [-0.15, -0.1) is 0 Å². The number of benzene rings is 2. The van der Waals surface area contributed by atoms with Crippen LogP contribution >= 0.6 is 11.6 Å². The summed E-state index contributed by atoms with van der Waals surface area (Å²) >= 11 is 6.76. The van der Waals surface area contributed by atoms with Gasteiger partial charge in [0.05, 0.1) is 28.9 Å². The number of amides is 1. The largest absolute Gasteiger partial charge is 0.461 e. The molecular formula is C42H57ClF2N8O2. The Hall–Kier alpha value is -4.05. The summed E-state index contributed by atoms with van der Waals surface area (Å²) in [6, 6.07) is 14.5. The highest BCUT2D eigenvalue weighted by Gasteiger charge is 2.35. The maximum Gasteiger partial charge on any atom is 0.318 e. The maximum atomic E-state index is 13.5. The first-order valence-corrected chi connectivity index (χ1v) is 20.1. The zero-order valence-corrected chi connectivity index (χ0v) is 33.9. The summed E-state index contributed by atoms with van der Waals surface area (Å²) in [4.78, 5) is 34.1. The number of rotatable bonds is 13. The molecule has 0 spiro atoms. The number of ether oxygens (including phenoxy) is 1. The number of piperazine rings is 1. The summed E-state index contributed by atoms with van der Waals surface area (Å²) in [6.07, 6.45) is 6.94. The molecule has 2 saturated heterocycles. The number of carbonyl (C=O) groups is 1. The van der Waals surface area contributed by atoms with Crippen LogP contribution in [0, 0.1) is 11.3 Å². The van der Waals surface area contributed by atoms with Crippen LogP contribution < -0.4 is 14.5 Å². The molecule has 0 N–H and O–H groups in total. The highest BCUT2D eigenvalue weighted by molar-refractivity contribution is 6.36. The van der Waals surface area contributed by atoms with Crippen molar-refractivity contribution in [1.82, 2.24) is 24.7 Å². The second-order valence-electron chi connectivity index (χ2n) is 14.8. The Labute approximate surface area is 330 Å². The van der Waals surface area contributed by atoms with Crippen molar-refractivity contribution in [1.29, 1.82) is 5.26 Å². The summed E-state index contributed by atoms with van der Waals surface area (Å²) in [5.41, 5.74) is 3.05. The van der Waals surface area contributed by atoms with Gasteiger partial charge in [0.1, 0.15) is 12.4 Å². The zero-order chi connectivity index (χ0) is 39.6. The third-order valence-corrected chi connectivity index (χ3v) is 11.7. The molecule has 1 aromatic heterocycles. The Balaban J connectivity index is 0.00000187. The second-order valence-corrected chi connectivity index (χ2v) is 15.2. The van der Waals surface area contributed by atoms with Crippen molar-refractivity contribution in [2.24, 2.45) is 0 Å². The lowest BCUT2D eigenvalue weighted by Gasteiger charge is -2.41. The lowest BCUT2D eigenvalue weighted by Crippen LogP contribution is -2.50. The minimum atomic E-state index is -2.57. The summed E-state index contributed by atoms with van der Waals surface area (Å²) in [5.74, 6) is -1.73. The number of nitriles is 1. The summed E-state index contributed by atoms with van der Waals surface area (Å²) < 4.78 is 33.6. The molecule has 0 saturated carbocycles. The molecule has 1 unspecified atom stereocenters. The van der Waals surface area contributed by atoms with E-state index in [1.165, 1.54) is 6.92 Å². The standard InChI is InChI=1S/C40H54ClF2N7O2.C2H3N/c1-5-17-39(6-2,46(4)7-3)29-52-38-44-33-28-50(34-14-9-12-30-11-8-13-32(41)36(30)34)21-16-31(33)37(45-38)49-26-24-48(25-27-49)35(51)15-10-20-47-22-18-40(42,43)19-23-47;1-2-3/h8-15H,5-7,16-29H2,1-4H3;1H3/b15-10+;. The average molecular weight is 779 g/mol. The fourth-order valence-electron chi connectivity index (χ4n) is 7.99. The van der Waals surface area contributed by atoms with E-state index in [0.29, 0.717) is 65.0 Å². The van der Waals surface area contributed by atoms with Crippen molar-refractivity contribution in [3.8, 4) is 12.1 Å². The first kappa shape index (κ1) is 42.1. The van der Waals surface area contributed by atoms with Crippen molar-refractivity contribution < 1.29 is 18.3 Å². The summed E-state index contributed by atoms with van der Waals surface area (Å²) in [6.45, 7) is 14.5. The number of likely N-dealkylation sites (N-methyl/N-ethyl adjacent to an activating group) is 1. The quantitative estimate of drug-likeness (QED) is 0.163. The van der Waals surface area contributed by atoms with E-state index in [9.17, 15) is 13.6 Å². The second kappa shape index (κ2) is 19.2. The summed E-state index contributed by atoms with van der Waals surface area (Å²) in [5, 5.41) is 10.2. The minimum absolute atomic E-state index is 0.0491. The Morgan fingerprint density at radius 3 is 2.38 bits per heavy atom. The highest BCUT2D eigenvalue weighted by Crippen LogP contribution is 2.37. The molecule has 1 atom stereocenters. The van der Waals surface area contributed by atoms with Crippen molar-refractivity contribution in [3.05, 3.63) is 64.8 Å². The number of hydrogen-bond acceptors (Lipinski definition) is 9. The van der Waals surface area contributed by atoms with Crippen LogP contribution in [-0.2, 0) is 17.8 Å². The van der Waals surface area contributed by atoms with Gasteiger partial charge >= 0.3 is 6.01 Å². The number of alkyl halides is 2. The maximum absolute atomic E-state index is 13.5. The number of carbonyl (C=O) groups excluding carboxylic acids is 1. The fourth-order valence-corrected chi connectivity index (χ4v) is 8.27. The summed E-state index contributed by atoms with van der Waals surface area (Å²) in [7, 11) is 2.17. The van der Waals surface area contributed by atoms with Crippen LogP contribution in [0.1, 0.15) is 71.1 Å². The molecule has 3 aliphatic heterocycles. The van der Waals surface area contributed by atoms with Crippen molar-refractivity contribution in [3.63, 3.8) is 0 Å². The van der Waals surface area contributed by atoms with Gasteiger partial charge in [-0.1, -0.05) is 69.1 Å². The molecule has 10 nitrogen and oxygen atoms in total. The number of anilines is 2. The predicted octanol–water partition coefficient (Wildman–Crippen LogP) is 7.59. The van der Waals surface area contributed by atoms with Gasteiger partial charge in [-0.05, 0) is 50.4 Å². The molecule has 4 heterocycles. The lowest BCUT2D eigenvalue weighted by atomic mass is 9.90.